The van der Waals surface area contributed by atoms with Gasteiger partial charge >= 0.3 is 0 Å². The molecule has 0 bridgehead atoms. The molecule has 1 atom stereocenters. The Balaban J connectivity index is 1.48. The Labute approximate surface area is 123 Å². The predicted octanol–water partition coefficient (Wildman–Crippen LogP) is 0.946. The van der Waals surface area contributed by atoms with E-state index in [-0.39, 0.29) is 11.9 Å². The van der Waals surface area contributed by atoms with Gasteiger partial charge in [0.1, 0.15) is 12.7 Å². The summed E-state index contributed by atoms with van der Waals surface area (Å²) in [6.45, 7) is 2.40. The number of rotatable bonds is 6. The fraction of sp³-hybridized carbons (Fsp3) is 0.571. The van der Waals surface area contributed by atoms with Crippen LogP contribution in [-0.4, -0.2) is 47.9 Å². The van der Waals surface area contributed by atoms with Crippen molar-refractivity contribution in [1.82, 2.24) is 29.4 Å². The molecule has 0 unspecified atom stereocenters. The van der Waals surface area contributed by atoms with Crippen molar-refractivity contribution in [1.29, 1.82) is 0 Å². The molecule has 3 rings (SSSR count). The van der Waals surface area contributed by atoms with Crippen LogP contribution < -0.4 is 0 Å². The van der Waals surface area contributed by atoms with Crippen molar-refractivity contribution in [2.24, 2.45) is 0 Å². The van der Waals surface area contributed by atoms with E-state index >= 15 is 0 Å². The lowest BCUT2D eigenvalue weighted by Crippen LogP contribution is -2.38. The molecule has 7 nitrogen and oxygen atoms in total. The van der Waals surface area contributed by atoms with Crippen LogP contribution in [0, 0.1) is 0 Å². The summed E-state index contributed by atoms with van der Waals surface area (Å²) in [6.07, 6.45) is 10.4. The molecule has 0 spiro atoms. The third-order valence-corrected chi connectivity index (χ3v) is 3.90. The van der Waals surface area contributed by atoms with E-state index in [0.29, 0.717) is 6.42 Å². The topological polar surface area (TPSA) is 68.8 Å². The van der Waals surface area contributed by atoms with Gasteiger partial charge in [-0.05, 0) is 25.3 Å². The molecule has 1 amide bonds. The fourth-order valence-electron chi connectivity index (χ4n) is 2.86. The molecule has 1 saturated heterocycles. The lowest BCUT2D eigenvalue weighted by Gasteiger charge is -2.24. The number of nitrogens with zero attached hydrogens (tertiary/aromatic N) is 6. The molecular weight excluding hydrogens is 268 g/mol. The van der Waals surface area contributed by atoms with E-state index in [0.717, 1.165) is 38.9 Å². The highest BCUT2D eigenvalue weighted by Gasteiger charge is 2.28. The first-order valence-electron chi connectivity index (χ1n) is 7.42. The summed E-state index contributed by atoms with van der Waals surface area (Å²) in [6, 6.07) is 2.20. The third kappa shape index (κ3) is 3.48. The SMILES string of the molecule is O=C(CCCn1cncn1)N1CCC[C@@H]1Cn1cccn1. The van der Waals surface area contributed by atoms with Crippen molar-refractivity contribution in [2.45, 2.75) is 44.8 Å². The van der Waals surface area contributed by atoms with Crippen molar-refractivity contribution in [3.63, 3.8) is 0 Å². The van der Waals surface area contributed by atoms with Crippen molar-refractivity contribution in [3.8, 4) is 0 Å². The van der Waals surface area contributed by atoms with Crippen LogP contribution >= 0.6 is 0 Å². The van der Waals surface area contributed by atoms with Crippen molar-refractivity contribution >= 4 is 5.91 Å². The molecule has 0 radical (unpaired) electrons. The first-order valence-corrected chi connectivity index (χ1v) is 7.42. The van der Waals surface area contributed by atoms with Crippen molar-refractivity contribution in [2.75, 3.05) is 6.54 Å². The Morgan fingerprint density at radius 3 is 3.00 bits per heavy atom. The van der Waals surface area contributed by atoms with Gasteiger partial charge in [-0.1, -0.05) is 0 Å². The second-order valence-corrected chi connectivity index (χ2v) is 5.37. The fourth-order valence-corrected chi connectivity index (χ4v) is 2.86. The first kappa shape index (κ1) is 13.8. The summed E-state index contributed by atoms with van der Waals surface area (Å²) in [5.41, 5.74) is 0. The zero-order valence-electron chi connectivity index (χ0n) is 12.0. The Hall–Kier alpha value is -2.18. The minimum atomic E-state index is 0.241. The molecule has 0 N–H and O–H groups in total. The molecule has 0 aromatic carbocycles. The number of aromatic nitrogens is 5. The lowest BCUT2D eigenvalue weighted by atomic mass is 10.2. The number of amides is 1. The molecule has 1 aliphatic rings. The van der Waals surface area contributed by atoms with Gasteiger partial charge in [0, 0.05) is 31.9 Å². The van der Waals surface area contributed by atoms with Gasteiger partial charge in [-0.15, -0.1) is 0 Å². The molecule has 1 fully saturated rings. The number of likely N-dealkylation sites (tertiary alicyclic amines) is 1. The zero-order valence-corrected chi connectivity index (χ0v) is 12.0. The third-order valence-electron chi connectivity index (χ3n) is 3.90. The van der Waals surface area contributed by atoms with E-state index < -0.39 is 0 Å². The Kier molecular flexibility index (Phi) is 4.28. The average Bonchev–Trinajstić information content (AvgIpc) is 3.20. The number of hydrogen-bond donors (Lipinski definition) is 0. The number of carbonyl (C=O) groups is 1. The summed E-state index contributed by atoms with van der Waals surface area (Å²) in [7, 11) is 0. The number of hydrogen-bond acceptors (Lipinski definition) is 4. The van der Waals surface area contributed by atoms with Gasteiger partial charge in [-0.25, -0.2) is 4.98 Å². The van der Waals surface area contributed by atoms with Gasteiger partial charge in [0.05, 0.1) is 12.6 Å². The predicted molar refractivity (Wildman–Crippen MR) is 76.2 cm³/mol. The molecule has 0 saturated carbocycles. The van der Waals surface area contributed by atoms with Crippen molar-refractivity contribution < 1.29 is 4.79 Å². The van der Waals surface area contributed by atoms with E-state index in [2.05, 4.69) is 15.2 Å². The van der Waals surface area contributed by atoms with Gasteiger partial charge in [0.25, 0.3) is 0 Å². The summed E-state index contributed by atoms with van der Waals surface area (Å²) < 4.78 is 3.67. The van der Waals surface area contributed by atoms with E-state index in [1.165, 1.54) is 6.33 Å². The van der Waals surface area contributed by atoms with Gasteiger partial charge in [0.15, 0.2) is 0 Å². The molecule has 3 heterocycles. The summed E-state index contributed by atoms with van der Waals surface area (Å²) in [4.78, 5) is 18.3. The minimum Gasteiger partial charge on any atom is -0.338 e. The largest absolute Gasteiger partial charge is 0.338 e. The Morgan fingerprint density at radius 1 is 1.29 bits per heavy atom. The number of aryl methyl sites for hydroxylation is 1. The quantitative estimate of drug-likeness (QED) is 0.793. The highest BCUT2D eigenvalue weighted by atomic mass is 16.2. The van der Waals surface area contributed by atoms with Crippen LogP contribution in [0.5, 0.6) is 0 Å². The van der Waals surface area contributed by atoms with E-state index in [9.17, 15) is 4.79 Å². The standard InChI is InChI=1S/C14H20N6O/c21-14(5-2-7-19-12-15-11-17-19)20-9-1-4-13(20)10-18-8-3-6-16-18/h3,6,8,11-13H,1-2,4-5,7,9-10H2/t13-/m1/s1. The van der Waals surface area contributed by atoms with Crippen LogP contribution in [-0.2, 0) is 17.9 Å². The van der Waals surface area contributed by atoms with Crippen LogP contribution in [0.15, 0.2) is 31.1 Å². The molecule has 112 valence electrons. The van der Waals surface area contributed by atoms with Crippen LogP contribution in [0.1, 0.15) is 25.7 Å². The van der Waals surface area contributed by atoms with E-state index in [4.69, 9.17) is 0 Å². The molecule has 1 aliphatic heterocycles. The smallest absolute Gasteiger partial charge is 0.222 e. The van der Waals surface area contributed by atoms with Crippen LogP contribution in [0.3, 0.4) is 0 Å². The second-order valence-electron chi connectivity index (χ2n) is 5.37. The maximum atomic E-state index is 12.4. The van der Waals surface area contributed by atoms with E-state index in [1.54, 1.807) is 17.2 Å². The summed E-state index contributed by atoms with van der Waals surface area (Å²) in [5.74, 6) is 0.241. The highest BCUT2D eigenvalue weighted by Crippen LogP contribution is 2.20. The van der Waals surface area contributed by atoms with Crippen molar-refractivity contribution in [3.05, 3.63) is 31.1 Å². The van der Waals surface area contributed by atoms with Crippen LogP contribution in [0.4, 0.5) is 0 Å². The molecule has 2 aromatic rings. The maximum absolute atomic E-state index is 12.4. The Bertz CT molecular complexity index is 550. The Morgan fingerprint density at radius 2 is 2.24 bits per heavy atom. The highest BCUT2D eigenvalue weighted by molar-refractivity contribution is 5.76. The lowest BCUT2D eigenvalue weighted by molar-refractivity contribution is -0.132. The normalized spacial score (nSPS) is 18.3. The molecule has 2 aromatic heterocycles. The minimum absolute atomic E-state index is 0.241. The van der Waals surface area contributed by atoms with Gasteiger partial charge in [-0.3, -0.25) is 14.2 Å². The molecular formula is C14H20N6O. The molecule has 21 heavy (non-hydrogen) atoms. The van der Waals surface area contributed by atoms with Gasteiger partial charge in [0.2, 0.25) is 5.91 Å². The van der Waals surface area contributed by atoms with E-state index in [1.807, 2.05) is 21.8 Å². The van der Waals surface area contributed by atoms with Gasteiger partial charge in [-0.2, -0.15) is 10.2 Å². The maximum Gasteiger partial charge on any atom is 0.222 e. The average molecular weight is 288 g/mol. The van der Waals surface area contributed by atoms with Crippen LogP contribution in [0.25, 0.3) is 0 Å². The second kappa shape index (κ2) is 6.51. The first-order chi connectivity index (χ1) is 10.3. The van der Waals surface area contributed by atoms with Gasteiger partial charge < -0.3 is 4.90 Å². The molecule has 7 heteroatoms. The zero-order chi connectivity index (χ0) is 14.5. The number of carbonyl (C=O) groups excluding carboxylic acids is 1. The summed E-state index contributed by atoms with van der Waals surface area (Å²) >= 11 is 0. The summed E-state index contributed by atoms with van der Waals surface area (Å²) in [5, 5.41) is 8.27. The monoisotopic (exact) mass is 288 g/mol. The van der Waals surface area contributed by atoms with Crippen LogP contribution in [0.2, 0.25) is 0 Å². The molecule has 0 aliphatic carbocycles.